The Kier molecular flexibility index (Phi) is 4.21. The number of rotatable bonds is 4. The van der Waals surface area contributed by atoms with Gasteiger partial charge >= 0.3 is 0 Å². The number of nitrogens with zero attached hydrogens (tertiary/aromatic N) is 5. The van der Waals surface area contributed by atoms with Crippen LogP contribution in [0.2, 0.25) is 0 Å². The van der Waals surface area contributed by atoms with Gasteiger partial charge in [0.05, 0.1) is 31.0 Å². The molecular weight excluding hydrogens is 342 g/mol. The highest BCUT2D eigenvalue weighted by molar-refractivity contribution is 5.83. The van der Waals surface area contributed by atoms with Crippen molar-refractivity contribution in [3.63, 3.8) is 0 Å². The molecule has 1 aromatic carbocycles. The summed E-state index contributed by atoms with van der Waals surface area (Å²) < 4.78 is 13.0. The summed E-state index contributed by atoms with van der Waals surface area (Å²) in [5, 5.41) is 9.87. The van der Waals surface area contributed by atoms with E-state index in [1.54, 1.807) is 0 Å². The fourth-order valence-corrected chi connectivity index (χ4v) is 4.05. The Morgan fingerprint density at radius 2 is 1.96 bits per heavy atom. The molecule has 142 valence electrons. The number of likely N-dealkylation sites (tertiary alicyclic amines) is 1. The van der Waals surface area contributed by atoms with E-state index in [1.807, 2.05) is 16.9 Å². The van der Waals surface area contributed by atoms with Gasteiger partial charge in [0.15, 0.2) is 0 Å². The number of piperidine rings is 1. The Balaban J connectivity index is 1.34. The van der Waals surface area contributed by atoms with Crippen molar-refractivity contribution < 1.29 is 9.26 Å². The van der Waals surface area contributed by atoms with Crippen LogP contribution >= 0.6 is 0 Å². The molecule has 3 aromatic rings. The van der Waals surface area contributed by atoms with E-state index in [9.17, 15) is 0 Å². The minimum absolute atomic E-state index is 0.310. The van der Waals surface area contributed by atoms with E-state index < -0.39 is 0 Å². The highest BCUT2D eigenvalue weighted by Crippen LogP contribution is 2.31. The Bertz CT molecular complexity index is 935. The molecule has 2 saturated heterocycles. The number of hydrogen-bond acceptors (Lipinski definition) is 6. The van der Waals surface area contributed by atoms with E-state index in [0.29, 0.717) is 23.8 Å². The molecule has 0 bridgehead atoms. The quantitative estimate of drug-likeness (QED) is 0.705. The van der Waals surface area contributed by atoms with Crippen LogP contribution in [0.25, 0.3) is 22.3 Å². The van der Waals surface area contributed by atoms with Crippen molar-refractivity contribution in [3.05, 3.63) is 30.3 Å². The molecule has 0 amide bonds. The first-order valence-electron chi connectivity index (χ1n) is 9.82. The van der Waals surface area contributed by atoms with Crippen LogP contribution in [0.15, 0.2) is 28.9 Å². The molecule has 7 nitrogen and oxygen atoms in total. The summed E-state index contributed by atoms with van der Waals surface area (Å²) in [7, 11) is 0. The fourth-order valence-electron chi connectivity index (χ4n) is 4.05. The maximum atomic E-state index is 5.64. The van der Waals surface area contributed by atoms with Crippen molar-refractivity contribution >= 4 is 10.9 Å². The predicted molar refractivity (Wildman–Crippen MR) is 102 cm³/mol. The molecule has 2 aliphatic rings. The van der Waals surface area contributed by atoms with Crippen LogP contribution in [0.4, 0.5) is 0 Å². The molecule has 0 spiro atoms. The summed E-state index contributed by atoms with van der Waals surface area (Å²) >= 11 is 0. The standard InChI is InChI=1S/C20H25N5O2/c1-13(2)25-18-9-15(3-4-16(18)10-21-25)19-22-20(27-23-19)14-5-7-24(8-6-14)17-11-26-12-17/h3-4,9-10,13-14,17H,5-8,11-12H2,1-2H3. The van der Waals surface area contributed by atoms with Crippen LogP contribution in [-0.4, -0.2) is 57.2 Å². The lowest BCUT2D eigenvalue weighted by atomic mass is 9.95. The van der Waals surface area contributed by atoms with Crippen LogP contribution in [0, 0.1) is 0 Å². The second-order valence-electron chi connectivity index (χ2n) is 7.91. The van der Waals surface area contributed by atoms with Crippen LogP contribution < -0.4 is 0 Å². The molecule has 2 aliphatic heterocycles. The lowest BCUT2D eigenvalue weighted by Crippen LogP contribution is -2.51. The monoisotopic (exact) mass is 367 g/mol. The first-order valence-corrected chi connectivity index (χ1v) is 9.82. The van der Waals surface area contributed by atoms with Gasteiger partial charge in [0.1, 0.15) is 0 Å². The second-order valence-corrected chi connectivity index (χ2v) is 7.91. The SMILES string of the molecule is CC(C)n1ncc2ccc(-c3noc(C4CCN(C5COC5)CC4)n3)cc21. The second kappa shape index (κ2) is 6.73. The van der Waals surface area contributed by atoms with Crippen molar-refractivity contribution in [2.75, 3.05) is 26.3 Å². The summed E-state index contributed by atoms with van der Waals surface area (Å²) in [5.41, 5.74) is 2.08. The highest BCUT2D eigenvalue weighted by Gasteiger charge is 2.32. The van der Waals surface area contributed by atoms with Gasteiger partial charge in [-0.05, 0) is 45.8 Å². The number of hydrogen-bond donors (Lipinski definition) is 0. The molecule has 5 rings (SSSR count). The van der Waals surface area contributed by atoms with Crippen molar-refractivity contribution in [3.8, 4) is 11.4 Å². The minimum atomic E-state index is 0.310. The fraction of sp³-hybridized carbons (Fsp3) is 0.550. The maximum Gasteiger partial charge on any atom is 0.230 e. The molecule has 0 radical (unpaired) electrons. The number of benzene rings is 1. The Labute approximate surface area is 158 Å². The largest absolute Gasteiger partial charge is 0.378 e. The van der Waals surface area contributed by atoms with Gasteiger partial charge in [-0.15, -0.1) is 0 Å². The first-order chi connectivity index (χ1) is 13.2. The van der Waals surface area contributed by atoms with Gasteiger partial charge in [-0.3, -0.25) is 9.58 Å². The molecule has 0 unspecified atom stereocenters. The number of fused-ring (bicyclic) bond motifs is 1. The summed E-state index contributed by atoms with van der Waals surface area (Å²) in [4.78, 5) is 7.25. The molecule has 0 N–H and O–H groups in total. The van der Waals surface area contributed by atoms with Crippen LogP contribution in [0.5, 0.6) is 0 Å². The molecule has 0 saturated carbocycles. The average molecular weight is 367 g/mol. The van der Waals surface area contributed by atoms with E-state index in [0.717, 1.165) is 61.5 Å². The normalized spacial score (nSPS) is 19.8. The van der Waals surface area contributed by atoms with Gasteiger partial charge in [0, 0.05) is 22.9 Å². The Hall–Kier alpha value is -2.25. The van der Waals surface area contributed by atoms with Crippen molar-refractivity contribution in [1.82, 2.24) is 24.8 Å². The molecule has 2 fully saturated rings. The zero-order valence-electron chi connectivity index (χ0n) is 15.8. The number of aromatic nitrogens is 4. The smallest absolute Gasteiger partial charge is 0.230 e. The summed E-state index contributed by atoms with van der Waals surface area (Å²) in [6.07, 6.45) is 4.04. The topological polar surface area (TPSA) is 69.2 Å². The lowest BCUT2D eigenvalue weighted by molar-refractivity contribution is -0.0718. The van der Waals surface area contributed by atoms with E-state index in [2.05, 4.69) is 41.1 Å². The summed E-state index contributed by atoms with van der Waals surface area (Å²) in [6, 6.07) is 7.15. The van der Waals surface area contributed by atoms with E-state index >= 15 is 0 Å². The molecule has 0 aliphatic carbocycles. The van der Waals surface area contributed by atoms with Crippen molar-refractivity contribution in [2.24, 2.45) is 0 Å². The first kappa shape index (κ1) is 16.9. The molecular formula is C20H25N5O2. The third kappa shape index (κ3) is 3.04. The van der Waals surface area contributed by atoms with E-state index in [4.69, 9.17) is 14.2 Å². The van der Waals surface area contributed by atoms with E-state index in [1.165, 1.54) is 0 Å². The predicted octanol–water partition coefficient (Wildman–Crippen LogP) is 3.25. The Morgan fingerprint density at radius 3 is 2.67 bits per heavy atom. The highest BCUT2D eigenvalue weighted by atomic mass is 16.5. The van der Waals surface area contributed by atoms with Crippen LogP contribution in [0.3, 0.4) is 0 Å². The summed E-state index contributed by atoms with van der Waals surface area (Å²) in [5.74, 6) is 1.79. The van der Waals surface area contributed by atoms with Crippen LogP contribution in [-0.2, 0) is 4.74 Å². The van der Waals surface area contributed by atoms with Gasteiger partial charge in [-0.25, -0.2) is 0 Å². The Morgan fingerprint density at radius 1 is 1.15 bits per heavy atom. The maximum absolute atomic E-state index is 5.64. The zero-order valence-corrected chi connectivity index (χ0v) is 15.8. The van der Waals surface area contributed by atoms with Gasteiger partial charge in [-0.1, -0.05) is 17.3 Å². The van der Waals surface area contributed by atoms with Gasteiger partial charge in [0.2, 0.25) is 11.7 Å². The minimum Gasteiger partial charge on any atom is -0.378 e. The molecule has 7 heteroatoms. The lowest BCUT2D eigenvalue weighted by Gasteiger charge is -2.40. The summed E-state index contributed by atoms with van der Waals surface area (Å²) in [6.45, 7) is 8.18. The van der Waals surface area contributed by atoms with Crippen LogP contribution in [0.1, 0.15) is 44.5 Å². The molecule has 0 atom stereocenters. The average Bonchev–Trinajstić information content (AvgIpc) is 3.27. The van der Waals surface area contributed by atoms with Gasteiger partial charge in [0.25, 0.3) is 0 Å². The van der Waals surface area contributed by atoms with Crippen molar-refractivity contribution in [1.29, 1.82) is 0 Å². The molecule has 4 heterocycles. The van der Waals surface area contributed by atoms with Crippen molar-refractivity contribution in [2.45, 2.75) is 44.7 Å². The molecule has 2 aromatic heterocycles. The third-order valence-electron chi connectivity index (χ3n) is 5.80. The zero-order chi connectivity index (χ0) is 18.4. The third-order valence-corrected chi connectivity index (χ3v) is 5.80. The van der Waals surface area contributed by atoms with Gasteiger partial charge < -0.3 is 9.26 Å². The number of ether oxygens (including phenoxy) is 1. The van der Waals surface area contributed by atoms with Gasteiger partial charge in [-0.2, -0.15) is 10.1 Å². The molecule has 27 heavy (non-hydrogen) atoms. The van der Waals surface area contributed by atoms with E-state index in [-0.39, 0.29) is 0 Å².